The minimum absolute atomic E-state index is 0.386. The first-order valence-electron chi connectivity index (χ1n) is 10.2. The standard InChI is InChI=1S/C22H26N4O2S/c27-29(28,26-15-5-1-2-6-16-26)19-11-9-18(10-12-19)13-14-23-22-17-24-20-7-3-4-8-21(20)25-22/h3-4,7-12,17H,1-2,5-6,13-16H2,(H,23,25). The van der Waals surface area contributed by atoms with Crippen LogP contribution in [0, 0.1) is 0 Å². The number of para-hydroxylation sites is 2. The molecule has 0 aliphatic carbocycles. The lowest BCUT2D eigenvalue weighted by Gasteiger charge is -2.20. The summed E-state index contributed by atoms with van der Waals surface area (Å²) >= 11 is 0. The summed E-state index contributed by atoms with van der Waals surface area (Å²) in [5.74, 6) is 0.740. The first-order valence-corrected chi connectivity index (χ1v) is 11.6. The predicted octanol–water partition coefficient (Wildman–Crippen LogP) is 3.85. The lowest BCUT2D eigenvalue weighted by atomic mass is 10.1. The van der Waals surface area contributed by atoms with Gasteiger partial charge in [-0.15, -0.1) is 0 Å². The summed E-state index contributed by atoms with van der Waals surface area (Å²) in [6.45, 7) is 1.95. The van der Waals surface area contributed by atoms with Gasteiger partial charge in [0, 0.05) is 19.6 Å². The quantitative estimate of drug-likeness (QED) is 0.668. The van der Waals surface area contributed by atoms with E-state index in [0.29, 0.717) is 24.5 Å². The molecule has 4 rings (SSSR count). The van der Waals surface area contributed by atoms with Gasteiger partial charge in [0.15, 0.2) is 0 Å². The van der Waals surface area contributed by atoms with Crippen molar-refractivity contribution < 1.29 is 8.42 Å². The number of sulfonamides is 1. The van der Waals surface area contributed by atoms with Crippen LogP contribution in [-0.2, 0) is 16.4 Å². The summed E-state index contributed by atoms with van der Waals surface area (Å²) in [6.07, 6.45) is 6.62. The zero-order valence-electron chi connectivity index (χ0n) is 16.4. The van der Waals surface area contributed by atoms with Gasteiger partial charge in [0.05, 0.1) is 22.1 Å². The Morgan fingerprint density at radius 1 is 0.897 bits per heavy atom. The van der Waals surface area contributed by atoms with Crippen molar-refractivity contribution in [3.8, 4) is 0 Å². The van der Waals surface area contributed by atoms with Gasteiger partial charge in [-0.1, -0.05) is 37.1 Å². The Morgan fingerprint density at radius 2 is 1.59 bits per heavy atom. The Labute approximate surface area is 172 Å². The Kier molecular flexibility index (Phi) is 6.06. The fraction of sp³-hybridized carbons (Fsp3) is 0.364. The lowest BCUT2D eigenvalue weighted by Crippen LogP contribution is -2.31. The van der Waals surface area contributed by atoms with E-state index in [0.717, 1.165) is 54.5 Å². The summed E-state index contributed by atoms with van der Waals surface area (Å²) in [5.41, 5.74) is 2.82. The maximum atomic E-state index is 12.9. The van der Waals surface area contributed by atoms with Crippen LogP contribution in [0.5, 0.6) is 0 Å². The van der Waals surface area contributed by atoms with E-state index in [-0.39, 0.29) is 0 Å². The monoisotopic (exact) mass is 410 g/mol. The van der Waals surface area contributed by atoms with Crippen LogP contribution in [0.25, 0.3) is 11.0 Å². The van der Waals surface area contributed by atoms with Gasteiger partial charge >= 0.3 is 0 Å². The fourth-order valence-corrected chi connectivity index (χ4v) is 5.15. The van der Waals surface area contributed by atoms with E-state index >= 15 is 0 Å². The molecule has 1 saturated heterocycles. The lowest BCUT2D eigenvalue weighted by molar-refractivity contribution is 0.423. The van der Waals surface area contributed by atoms with Crippen molar-refractivity contribution in [1.29, 1.82) is 0 Å². The Hall–Kier alpha value is -2.51. The van der Waals surface area contributed by atoms with Crippen molar-refractivity contribution >= 4 is 26.9 Å². The Morgan fingerprint density at radius 3 is 2.31 bits per heavy atom. The molecule has 1 aromatic heterocycles. The number of hydrogen-bond acceptors (Lipinski definition) is 5. The van der Waals surface area contributed by atoms with Crippen LogP contribution in [0.15, 0.2) is 59.6 Å². The summed E-state index contributed by atoms with van der Waals surface area (Å²) in [6, 6.07) is 15.0. The number of benzene rings is 2. The third kappa shape index (κ3) is 4.74. The van der Waals surface area contributed by atoms with E-state index in [9.17, 15) is 8.42 Å². The highest BCUT2D eigenvalue weighted by Gasteiger charge is 2.24. The third-order valence-electron chi connectivity index (χ3n) is 5.29. The molecule has 0 radical (unpaired) electrons. The largest absolute Gasteiger partial charge is 0.368 e. The van der Waals surface area contributed by atoms with Crippen LogP contribution in [-0.4, -0.2) is 42.3 Å². The molecule has 7 heteroatoms. The molecule has 1 aliphatic rings. The van der Waals surface area contributed by atoms with E-state index in [1.807, 2.05) is 36.4 Å². The second-order valence-corrected chi connectivity index (χ2v) is 9.32. The fourth-order valence-electron chi connectivity index (χ4n) is 3.64. The normalized spacial score (nSPS) is 15.9. The second kappa shape index (κ2) is 8.88. The van der Waals surface area contributed by atoms with Gasteiger partial charge in [-0.2, -0.15) is 4.31 Å². The minimum atomic E-state index is -3.39. The van der Waals surface area contributed by atoms with Gasteiger partial charge < -0.3 is 5.32 Å². The summed E-state index contributed by atoms with van der Waals surface area (Å²) in [5, 5.41) is 3.29. The van der Waals surface area contributed by atoms with Crippen LogP contribution in [0.2, 0.25) is 0 Å². The molecular weight excluding hydrogens is 384 g/mol. The molecule has 0 saturated carbocycles. The van der Waals surface area contributed by atoms with Crippen molar-refractivity contribution in [3.05, 3.63) is 60.3 Å². The maximum absolute atomic E-state index is 12.9. The third-order valence-corrected chi connectivity index (χ3v) is 7.21. The number of nitrogens with zero attached hydrogens (tertiary/aromatic N) is 3. The van der Waals surface area contributed by atoms with Gasteiger partial charge in [0.2, 0.25) is 10.0 Å². The van der Waals surface area contributed by atoms with Crippen molar-refractivity contribution in [3.63, 3.8) is 0 Å². The van der Waals surface area contributed by atoms with Gasteiger partial charge in [-0.3, -0.25) is 4.98 Å². The number of aromatic nitrogens is 2. The molecule has 29 heavy (non-hydrogen) atoms. The van der Waals surface area contributed by atoms with E-state index in [1.54, 1.807) is 22.6 Å². The van der Waals surface area contributed by atoms with Crippen molar-refractivity contribution in [2.24, 2.45) is 0 Å². The molecule has 0 bridgehead atoms. The highest BCUT2D eigenvalue weighted by molar-refractivity contribution is 7.89. The number of fused-ring (bicyclic) bond motifs is 1. The van der Waals surface area contributed by atoms with Gasteiger partial charge in [0.25, 0.3) is 0 Å². The molecule has 1 N–H and O–H groups in total. The van der Waals surface area contributed by atoms with Crippen LogP contribution < -0.4 is 5.32 Å². The first kappa shape index (κ1) is 19.8. The van der Waals surface area contributed by atoms with Crippen molar-refractivity contribution in [2.45, 2.75) is 37.0 Å². The Balaban J connectivity index is 1.36. The Bertz CT molecular complexity index is 1060. The van der Waals surface area contributed by atoms with Crippen molar-refractivity contribution in [2.75, 3.05) is 25.0 Å². The summed E-state index contributed by atoms with van der Waals surface area (Å²) in [7, 11) is -3.39. The average molecular weight is 411 g/mol. The van der Waals surface area contributed by atoms with E-state index in [2.05, 4.69) is 15.3 Å². The van der Waals surface area contributed by atoms with Crippen LogP contribution in [0.3, 0.4) is 0 Å². The minimum Gasteiger partial charge on any atom is -0.368 e. The highest BCUT2D eigenvalue weighted by Crippen LogP contribution is 2.21. The van der Waals surface area contributed by atoms with Crippen LogP contribution in [0.4, 0.5) is 5.82 Å². The molecule has 152 valence electrons. The van der Waals surface area contributed by atoms with Crippen LogP contribution >= 0.6 is 0 Å². The zero-order chi connectivity index (χ0) is 20.1. The van der Waals surface area contributed by atoms with E-state index in [4.69, 9.17) is 0 Å². The molecule has 6 nitrogen and oxygen atoms in total. The van der Waals surface area contributed by atoms with E-state index < -0.39 is 10.0 Å². The average Bonchev–Trinajstić information content (AvgIpc) is 3.04. The number of rotatable bonds is 6. The molecule has 0 amide bonds. The molecule has 1 aliphatic heterocycles. The highest BCUT2D eigenvalue weighted by atomic mass is 32.2. The summed E-state index contributed by atoms with van der Waals surface area (Å²) < 4.78 is 27.3. The molecule has 0 unspecified atom stereocenters. The molecule has 0 atom stereocenters. The number of hydrogen-bond donors (Lipinski definition) is 1. The van der Waals surface area contributed by atoms with Gasteiger partial charge in [-0.05, 0) is 49.1 Å². The molecule has 2 aromatic carbocycles. The smallest absolute Gasteiger partial charge is 0.243 e. The molecule has 1 fully saturated rings. The van der Waals surface area contributed by atoms with Gasteiger partial charge in [0.1, 0.15) is 5.82 Å². The zero-order valence-corrected chi connectivity index (χ0v) is 17.2. The topological polar surface area (TPSA) is 75.2 Å². The second-order valence-electron chi connectivity index (χ2n) is 7.38. The molecule has 2 heterocycles. The molecule has 0 spiro atoms. The molecule has 3 aromatic rings. The van der Waals surface area contributed by atoms with E-state index in [1.165, 1.54) is 0 Å². The van der Waals surface area contributed by atoms with Crippen molar-refractivity contribution in [1.82, 2.24) is 14.3 Å². The number of nitrogens with one attached hydrogen (secondary N) is 1. The molecular formula is C22H26N4O2S. The SMILES string of the molecule is O=S(=O)(c1ccc(CCNc2cnc3ccccc3n2)cc1)N1CCCCCC1. The maximum Gasteiger partial charge on any atom is 0.243 e. The summed E-state index contributed by atoms with van der Waals surface area (Å²) in [4.78, 5) is 9.34. The van der Waals surface area contributed by atoms with Gasteiger partial charge in [-0.25, -0.2) is 13.4 Å². The predicted molar refractivity (Wildman–Crippen MR) is 115 cm³/mol. The van der Waals surface area contributed by atoms with Crippen LogP contribution in [0.1, 0.15) is 31.2 Å². The number of anilines is 1. The first-order chi connectivity index (χ1) is 14.1.